The molecular formula is C30H33IN2O2. The van der Waals surface area contributed by atoms with E-state index < -0.39 is 0 Å². The van der Waals surface area contributed by atoms with Crippen LogP contribution in [0.2, 0.25) is 0 Å². The summed E-state index contributed by atoms with van der Waals surface area (Å²) in [4.78, 5) is 13.1. The molecule has 0 aliphatic carbocycles. The van der Waals surface area contributed by atoms with E-state index >= 15 is 0 Å². The first-order valence-electron chi connectivity index (χ1n) is 11.9. The van der Waals surface area contributed by atoms with Crippen LogP contribution in [0.3, 0.4) is 0 Å². The third-order valence-corrected chi connectivity index (χ3v) is 6.28. The first kappa shape index (κ1) is 26.7. The predicted octanol–water partition coefficient (Wildman–Crippen LogP) is 6.27. The molecule has 0 bridgehead atoms. The molecule has 0 spiro atoms. The molecule has 1 N–H and O–H groups in total. The maximum Gasteiger partial charge on any atom is 0.245 e. The van der Waals surface area contributed by atoms with Gasteiger partial charge in [-0.05, 0) is 81.1 Å². The molecule has 3 aromatic carbocycles. The van der Waals surface area contributed by atoms with Crippen LogP contribution in [0.4, 0.5) is 0 Å². The first-order chi connectivity index (χ1) is 17.0. The molecule has 5 heteroatoms. The minimum atomic E-state index is -0.0136. The van der Waals surface area contributed by atoms with Crippen molar-refractivity contribution >= 4 is 39.6 Å². The number of carbonyl (C=O) groups excluding carboxylic acids is 1. The van der Waals surface area contributed by atoms with Gasteiger partial charge in [0.1, 0.15) is 12.4 Å². The highest BCUT2D eigenvalue weighted by Gasteiger charge is 2.13. The lowest BCUT2D eigenvalue weighted by molar-refractivity contribution is -0.123. The molecule has 0 saturated heterocycles. The van der Waals surface area contributed by atoms with Gasteiger partial charge < -0.3 is 15.0 Å². The summed E-state index contributed by atoms with van der Waals surface area (Å²) in [7, 11) is 3.48. The number of hydrogen-bond donors (Lipinski definition) is 1. The lowest BCUT2D eigenvalue weighted by Crippen LogP contribution is -2.22. The molecule has 0 fully saturated rings. The maximum atomic E-state index is 11.5. The number of halogens is 1. The predicted molar refractivity (Wildman–Crippen MR) is 154 cm³/mol. The highest BCUT2D eigenvalue weighted by atomic mass is 127. The Balaban J connectivity index is 1.71. The Hall–Kier alpha value is -2.90. The topological polar surface area (TPSA) is 41.6 Å². The van der Waals surface area contributed by atoms with Crippen molar-refractivity contribution in [1.29, 1.82) is 0 Å². The SMILES string of the molecule is CC/C(=C(\c1ccc(I)cc1)c1ccc(OCCNC/C=C/C(=O)N(C)C)cc1)c1ccccc1. The summed E-state index contributed by atoms with van der Waals surface area (Å²) in [6.07, 6.45) is 4.34. The molecule has 0 saturated carbocycles. The molecule has 3 rings (SSSR count). The van der Waals surface area contributed by atoms with Gasteiger partial charge in [-0.2, -0.15) is 0 Å². The fraction of sp³-hybridized carbons (Fsp3) is 0.233. The molecule has 1 amide bonds. The molecule has 0 unspecified atom stereocenters. The van der Waals surface area contributed by atoms with Gasteiger partial charge in [-0.25, -0.2) is 0 Å². The van der Waals surface area contributed by atoms with Crippen LogP contribution in [0.1, 0.15) is 30.0 Å². The number of rotatable bonds is 11. The molecule has 0 heterocycles. The number of likely N-dealkylation sites (N-methyl/N-ethyl adjacent to an activating group) is 1. The second-order valence-electron chi connectivity index (χ2n) is 8.29. The van der Waals surface area contributed by atoms with E-state index in [4.69, 9.17) is 4.74 Å². The van der Waals surface area contributed by atoms with E-state index in [0.717, 1.165) is 12.2 Å². The molecular weight excluding hydrogens is 547 g/mol. The van der Waals surface area contributed by atoms with Crippen molar-refractivity contribution in [3.05, 3.63) is 111 Å². The highest BCUT2D eigenvalue weighted by molar-refractivity contribution is 14.1. The molecule has 3 aromatic rings. The zero-order chi connectivity index (χ0) is 25.0. The van der Waals surface area contributed by atoms with Gasteiger partial charge in [-0.15, -0.1) is 0 Å². The second-order valence-corrected chi connectivity index (χ2v) is 9.54. The Morgan fingerprint density at radius 1 is 0.914 bits per heavy atom. The third-order valence-electron chi connectivity index (χ3n) is 5.56. The van der Waals surface area contributed by atoms with Crippen LogP contribution in [0.25, 0.3) is 11.1 Å². The summed E-state index contributed by atoms with van der Waals surface area (Å²) in [5, 5.41) is 3.26. The summed E-state index contributed by atoms with van der Waals surface area (Å²) in [5.41, 5.74) is 6.21. The highest BCUT2D eigenvalue weighted by Crippen LogP contribution is 2.35. The zero-order valence-electron chi connectivity index (χ0n) is 20.6. The summed E-state index contributed by atoms with van der Waals surface area (Å²) < 4.78 is 7.14. The van der Waals surface area contributed by atoms with Crippen molar-refractivity contribution < 1.29 is 9.53 Å². The number of allylic oxidation sites excluding steroid dienone is 1. The standard InChI is InChI=1S/C30H33IN2O2/c1-4-28(23-9-6-5-7-10-23)30(24-12-16-26(31)17-13-24)25-14-18-27(19-15-25)35-22-21-32-20-8-11-29(34)33(2)3/h5-19,32H,4,20-22H2,1-3H3/b11-8+,30-28-. The summed E-state index contributed by atoms with van der Waals surface area (Å²) in [6.45, 7) is 4.10. The van der Waals surface area contributed by atoms with Gasteiger partial charge in [0.15, 0.2) is 0 Å². The number of nitrogens with one attached hydrogen (secondary N) is 1. The van der Waals surface area contributed by atoms with Crippen molar-refractivity contribution in [2.45, 2.75) is 13.3 Å². The van der Waals surface area contributed by atoms with Gasteiger partial charge in [-0.1, -0.05) is 67.6 Å². The Morgan fingerprint density at radius 3 is 2.14 bits per heavy atom. The monoisotopic (exact) mass is 580 g/mol. The Morgan fingerprint density at radius 2 is 1.54 bits per heavy atom. The molecule has 0 aromatic heterocycles. The van der Waals surface area contributed by atoms with Crippen molar-refractivity contribution in [1.82, 2.24) is 10.2 Å². The van der Waals surface area contributed by atoms with Crippen LogP contribution in [0, 0.1) is 3.57 Å². The average Bonchev–Trinajstić information content (AvgIpc) is 2.88. The van der Waals surface area contributed by atoms with E-state index in [2.05, 4.69) is 102 Å². The van der Waals surface area contributed by atoms with Crippen molar-refractivity contribution in [3.8, 4) is 5.75 Å². The molecule has 182 valence electrons. The van der Waals surface area contributed by atoms with Crippen LogP contribution in [0.15, 0.2) is 91.0 Å². The van der Waals surface area contributed by atoms with Crippen molar-refractivity contribution in [2.75, 3.05) is 33.8 Å². The molecule has 35 heavy (non-hydrogen) atoms. The fourth-order valence-electron chi connectivity index (χ4n) is 3.75. The normalized spacial score (nSPS) is 11.9. The number of hydrogen-bond acceptors (Lipinski definition) is 3. The van der Waals surface area contributed by atoms with E-state index in [9.17, 15) is 4.79 Å². The van der Waals surface area contributed by atoms with Crippen LogP contribution < -0.4 is 10.1 Å². The quantitative estimate of drug-likeness (QED) is 0.126. The number of amides is 1. The lowest BCUT2D eigenvalue weighted by Gasteiger charge is -2.17. The smallest absolute Gasteiger partial charge is 0.245 e. The van der Waals surface area contributed by atoms with Crippen LogP contribution in [-0.4, -0.2) is 44.6 Å². The van der Waals surface area contributed by atoms with Crippen molar-refractivity contribution in [3.63, 3.8) is 0 Å². The van der Waals surface area contributed by atoms with E-state index in [-0.39, 0.29) is 5.91 Å². The lowest BCUT2D eigenvalue weighted by atomic mass is 9.88. The number of carbonyl (C=O) groups is 1. The minimum absolute atomic E-state index is 0.0136. The summed E-state index contributed by atoms with van der Waals surface area (Å²) in [5.74, 6) is 0.828. The largest absolute Gasteiger partial charge is 0.492 e. The Kier molecular flexibility index (Phi) is 10.6. The minimum Gasteiger partial charge on any atom is -0.492 e. The number of nitrogens with zero attached hydrogens (tertiary/aromatic N) is 1. The number of benzene rings is 3. The molecule has 0 atom stereocenters. The van der Waals surface area contributed by atoms with Crippen molar-refractivity contribution in [2.24, 2.45) is 0 Å². The van der Waals surface area contributed by atoms with Crippen LogP contribution >= 0.6 is 22.6 Å². The Bertz CT molecular complexity index is 1140. The third kappa shape index (κ3) is 8.08. The van der Waals surface area contributed by atoms with Gasteiger partial charge in [0.05, 0.1) is 0 Å². The molecule has 0 aliphatic rings. The average molecular weight is 581 g/mol. The zero-order valence-corrected chi connectivity index (χ0v) is 22.8. The van der Waals surface area contributed by atoms with Crippen LogP contribution in [-0.2, 0) is 4.79 Å². The second kappa shape index (κ2) is 13.9. The van der Waals surface area contributed by atoms with Gasteiger partial charge in [-0.3, -0.25) is 4.79 Å². The summed E-state index contributed by atoms with van der Waals surface area (Å²) >= 11 is 2.35. The Labute approximate surface area is 222 Å². The fourth-order valence-corrected chi connectivity index (χ4v) is 4.11. The molecule has 0 radical (unpaired) electrons. The van der Waals surface area contributed by atoms with E-state index in [1.165, 1.54) is 31.4 Å². The maximum absolute atomic E-state index is 11.5. The molecule has 0 aliphatic heterocycles. The van der Waals surface area contributed by atoms with Gasteiger partial charge in [0.25, 0.3) is 0 Å². The van der Waals surface area contributed by atoms with Gasteiger partial charge >= 0.3 is 0 Å². The molecule has 4 nitrogen and oxygen atoms in total. The number of ether oxygens (including phenoxy) is 1. The van der Waals surface area contributed by atoms with Gasteiger partial charge in [0.2, 0.25) is 5.91 Å². The van der Waals surface area contributed by atoms with Gasteiger partial charge in [0, 0.05) is 36.8 Å². The summed E-state index contributed by atoms with van der Waals surface area (Å²) in [6, 6.07) is 27.7. The van der Waals surface area contributed by atoms with Crippen LogP contribution in [0.5, 0.6) is 5.75 Å². The first-order valence-corrected chi connectivity index (χ1v) is 12.9. The van der Waals surface area contributed by atoms with E-state index in [1.54, 1.807) is 25.1 Å². The van der Waals surface area contributed by atoms with E-state index in [0.29, 0.717) is 19.7 Å². The van der Waals surface area contributed by atoms with E-state index in [1.807, 2.05) is 18.2 Å².